The Bertz CT molecular complexity index is 1930. The number of aromatic amines is 2. The molecule has 5 aromatic heterocycles. The van der Waals surface area contributed by atoms with Gasteiger partial charge in [0.1, 0.15) is 17.5 Å². The summed E-state index contributed by atoms with van der Waals surface area (Å²) < 4.78 is 12.6. The highest BCUT2D eigenvalue weighted by Crippen LogP contribution is 2.35. The molecule has 0 bridgehead atoms. The Hall–Kier alpha value is -6.34. The van der Waals surface area contributed by atoms with Crippen molar-refractivity contribution in [2.24, 2.45) is 20.5 Å². The van der Waals surface area contributed by atoms with E-state index in [0.717, 1.165) is 25.7 Å². The van der Waals surface area contributed by atoms with Gasteiger partial charge in [-0.25, -0.2) is 19.6 Å². The van der Waals surface area contributed by atoms with Crippen molar-refractivity contribution in [2.75, 3.05) is 25.7 Å². The smallest absolute Gasteiger partial charge is 0.343 e. The second kappa shape index (κ2) is 15.3. The molecule has 0 unspecified atom stereocenters. The van der Waals surface area contributed by atoms with E-state index in [1.807, 2.05) is 0 Å². The van der Waals surface area contributed by atoms with Crippen LogP contribution in [0.5, 0.6) is 0 Å². The maximum atomic E-state index is 12.3. The SMILES string of the molecule is CCCCc1nn(-c2cc(-n3nc(CCCC)c(/N=N/c4[nH]nc(C)c4C(=O)OC)c3N)ncn2)c(N)c1/N=N/c1[nH]nc(C)c1C(=O)OC. The number of azo groups is 2. The lowest BCUT2D eigenvalue weighted by Gasteiger charge is -2.06. The molecule has 5 aromatic rings. The van der Waals surface area contributed by atoms with Crippen LogP contribution in [0, 0.1) is 13.8 Å². The number of nitrogens with zero attached hydrogens (tertiary/aromatic N) is 12. The Kier molecular flexibility index (Phi) is 10.7. The third kappa shape index (κ3) is 6.93. The minimum absolute atomic E-state index is 0.123. The topological polar surface area (TPSA) is 273 Å². The molecule has 50 heavy (non-hydrogen) atoms. The van der Waals surface area contributed by atoms with Crippen LogP contribution in [0.1, 0.15) is 83.0 Å². The molecule has 0 saturated carbocycles. The van der Waals surface area contributed by atoms with Gasteiger partial charge in [-0.2, -0.15) is 29.8 Å². The molecule has 0 saturated heterocycles. The summed E-state index contributed by atoms with van der Waals surface area (Å²) in [7, 11) is 2.54. The standard InChI is InChI=1S/C30H38N16O4/c1-7-9-11-17-23(37-41-27-21(29(47)49-5)15(3)35-39-27)25(31)45(43-17)19-13-20(34-14-33-19)46-26(32)24(18(44-46)12-10-8-2)38-42-28-22(30(48)50-6)16(4)36-40-28/h13-14H,7-12,31-32H2,1-6H3,(H,35,39)(H,36,40)/b41-37+,42-38+. The average molecular weight is 687 g/mol. The van der Waals surface area contributed by atoms with Crippen LogP contribution in [0.2, 0.25) is 0 Å². The van der Waals surface area contributed by atoms with Crippen LogP contribution < -0.4 is 11.5 Å². The summed E-state index contributed by atoms with van der Waals surface area (Å²) in [4.78, 5) is 33.4. The highest BCUT2D eigenvalue weighted by atomic mass is 16.5. The number of nitrogens with one attached hydrogen (secondary N) is 2. The van der Waals surface area contributed by atoms with E-state index in [0.29, 0.717) is 58.6 Å². The van der Waals surface area contributed by atoms with Gasteiger partial charge in [0, 0.05) is 6.07 Å². The molecule has 20 nitrogen and oxygen atoms in total. The fourth-order valence-corrected chi connectivity index (χ4v) is 4.98. The van der Waals surface area contributed by atoms with Gasteiger partial charge in [-0.15, -0.1) is 20.5 Å². The second-order valence-electron chi connectivity index (χ2n) is 11.1. The van der Waals surface area contributed by atoms with Crippen molar-refractivity contribution in [3.63, 3.8) is 0 Å². The quantitative estimate of drug-likeness (QED) is 0.0870. The third-order valence-corrected chi connectivity index (χ3v) is 7.67. The fourth-order valence-electron chi connectivity index (χ4n) is 4.98. The molecule has 0 amide bonds. The Labute approximate surface area is 285 Å². The van der Waals surface area contributed by atoms with Gasteiger partial charge >= 0.3 is 11.9 Å². The molecule has 0 aliphatic rings. The number of H-pyrrole nitrogens is 2. The van der Waals surface area contributed by atoms with Gasteiger partial charge in [-0.05, 0) is 39.5 Å². The minimum Gasteiger partial charge on any atom is -0.465 e. The molecule has 0 radical (unpaired) electrons. The van der Waals surface area contributed by atoms with E-state index in [2.05, 4.69) is 64.7 Å². The van der Waals surface area contributed by atoms with Gasteiger partial charge in [-0.3, -0.25) is 10.2 Å². The van der Waals surface area contributed by atoms with Crippen molar-refractivity contribution in [3.05, 3.63) is 46.3 Å². The molecule has 5 heterocycles. The van der Waals surface area contributed by atoms with E-state index >= 15 is 0 Å². The van der Waals surface area contributed by atoms with Gasteiger partial charge in [0.25, 0.3) is 0 Å². The highest BCUT2D eigenvalue weighted by molar-refractivity contribution is 5.95. The summed E-state index contributed by atoms with van der Waals surface area (Å²) in [5.41, 5.74) is 16.1. The lowest BCUT2D eigenvalue weighted by Crippen LogP contribution is -2.09. The molecule has 20 heteroatoms. The van der Waals surface area contributed by atoms with Crippen LogP contribution in [-0.4, -0.2) is 76.1 Å². The van der Waals surface area contributed by atoms with Crippen LogP contribution >= 0.6 is 0 Å². The van der Waals surface area contributed by atoms with Gasteiger partial charge in [-0.1, -0.05) is 26.7 Å². The molecule has 0 aliphatic heterocycles. The first-order valence-corrected chi connectivity index (χ1v) is 15.8. The minimum atomic E-state index is -0.601. The molecule has 0 aliphatic carbocycles. The van der Waals surface area contributed by atoms with Crippen molar-refractivity contribution in [1.29, 1.82) is 0 Å². The number of unbranched alkanes of at least 4 members (excludes halogenated alkanes) is 2. The van der Waals surface area contributed by atoms with Crippen molar-refractivity contribution in [1.82, 2.24) is 49.9 Å². The largest absolute Gasteiger partial charge is 0.465 e. The predicted molar refractivity (Wildman–Crippen MR) is 180 cm³/mol. The van der Waals surface area contributed by atoms with Crippen molar-refractivity contribution < 1.29 is 19.1 Å². The first kappa shape index (κ1) is 35.0. The van der Waals surface area contributed by atoms with E-state index in [-0.39, 0.29) is 34.4 Å². The van der Waals surface area contributed by atoms with Crippen LogP contribution in [0.3, 0.4) is 0 Å². The maximum Gasteiger partial charge on any atom is 0.343 e. The number of hydrogen-bond donors (Lipinski definition) is 4. The molecule has 0 atom stereocenters. The van der Waals surface area contributed by atoms with Crippen molar-refractivity contribution in [3.8, 4) is 11.6 Å². The number of esters is 2. The van der Waals surface area contributed by atoms with E-state index in [9.17, 15) is 9.59 Å². The monoisotopic (exact) mass is 686 g/mol. The average Bonchev–Trinajstić information content (AvgIpc) is 3.86. The molecule has 5 rings (SSSR count). The Morgan fingerprint density at radius 2 is 1.16 bits per heavy atom. The van der Waals surface area contributed by atoms with E-state index in [1.165, 1.54) is 29.9 Å². The van der Waals surface area contributed by atoms with Crippen molar-refractivity contribution in [2.45, 2.75) is 66.2 Å². The first-order chi connectivity index (χ1) is 24.1. The van der Waals surface area contributed by atoms with E-state index in [1.54, 1.807) is 19.9 Å². The van der Waals surface area contributed by atoms with Crippen LogP contribution in [0.25, 0.3) is 11.6 Å². The Balaban J connectivity index is 1.54. The molecular weight excluding hydrogens is 648 g/mol. The number of hydrogen-bond acceptors (Lipinski definition) is 16. The lowest BCUT2D eigenvalue weighted by molar-refractivity contribution is 0.0591. The Morgan fingerprint density at radius 1 is 0.740 bits per heavy atom. The van der Waals surface area contributed by atoms with Crippen LogP contribution in [-0.2, 0) is 22.3 Å². The zero-order valence-corrected chi connectivity index (χ0v) is 28.6. The number of anilines is 2. The van der Waals surface area contributed by atoms with E-state index in [4.69, 9.17) is 31.1 Å². The fraction of sp³-hybridized carbons (Fsp3) is 0.400. The third-order valence-electron chi connectivity index (χ3n) is 7.67. The molecule has 262 valence electrons. The molecule has 0 aromatic carbocycles. The van der Waals surface area contributed by atoms with Gasteiger partial charge in [0.05, 0.1) is 37.0 Å². The number of methoxy groups -OCH3 is 2. The number of ether oxygens (including phenoxy) is 2. The number of nitrogen functional groups attached to an aromatic ring is 2. The first-order valence-electron chi connectivity index (χ1n) is 15.8. The normalized spacial score (nSPS) is 11.6. The maximum absolute atomic E-state index is 12.3. The lowest BCUT2D eigenvalue weighted by atomic mass is 10.2. The van der Waals surface area contributed by atoms with Crippen LogP contribution in [0.15, 0.2) is 32.9 Å². The van der Waals surface area contributed by atoms with Crippen molar-refractivity contribution >= 4 is 46.6 Å². The zero-order chi connectivity index (χ0) is 35.9. The highest BCUT2D eigenvalue weighted by Gasteiger charge is 2.24. The summed E-state index contributed by atoms with van der Waals surface area (Å²) in [5.74, 6) is -0.0276. The number of carbonyl (C=O) groups excluding carboxylic acids is 2. The van der Waals surface area contributed by atoms with E-state index < -0.39 is 11.9 Å². The number of carbonyl (C=O) groups is 2. The van der Waals surface area contributed by atoms with Gasteiger partial charge in [0.15, 0.2) is 46.3 Å². The Morgan fingerprint density at radius 3 is 1.54 bits per heavy atom. The molecule has 0 spiro atoms. The summed E-state index contributed by atoms with van der Waals surface area (Å²) in [5, 5.41) is 40.1. The second-order valence-corrected chi connectivity index (χ2v) is 11.1. The number of aryl methyl sites for hydroxylation is 4. The number of rotatable bonds is 14. The summed E-state index contributed by atoms with van der Waals surface area (Å²) >= 11 is 0. The predicted octanol–water partition coefficient (Wildman–Crippen LogP) is 5.16. The summed E-state index contributed by atoms with van der Waals surface area (Å²) in [6.07, 6.45) is 5.86. The molecule has 0 fully saturated rings. The van der Waals surface area contributed by atoms with Gasteiger partial charge < -0.3 is 20.9 Å². The number of aromatic nitrogens is 10. The summed E-state index contributed by atoms with van der Waals surface area (Å²) in [6, 6.07) is 1.61. The molecular formula is C30H38N16O4. The molecule has 6 N–H and O–H groups in total. The summed E-state index contributed by atoms with van der Waals surface area (Å²) in [6.45, 7) is 7.41. The zero-order valence-electron chi connectivity index (χ0n) is 28.6. The van der Waals surface area contributed by atoms with Gasteiger partial charge in [0.2, 0.25) is 0 Å². The van der Waals surface area contributed by atoms with Crippen LogP contribution in [0.4, 0.5) is 34.6 Å². The number of nitrogens with two attached hydrogens (primary N) is 2.